The van der Waals surface area contributed by atoms with Gasteiger partial charge in [-0.3, -0.25) is 14.5 Å². The number of carbonyl (C=O) groups excluding carboxylic acids is 2. The lowest BCUT2D eigenvalue weighted by atomic mass is 9.86. The van der Waals surface area contributed by atoms with Crippen LogP contribution in [0.15, 0.2) is 70.4 Å². The summed E-state index contributed by atoms with van der Waals surface area (Å²) < 4.78 is 11.2. The molecule has 0 aliphatic carbocycles. The van der Waals surface area contributed by atoms with E-state index in [1.165, 1.54) is 11.0 Å². The third kappa shape index (κ3) is 4.17. The first-order valence-corrected chi connectivity index (χ1v) is 12.7. The van der Waals surface area contributed by atoms with Gasteiger partial charge in [0.1, 0.15) is 17.1 Å². The second kappa shape index (κ2) is 9.12. The molecular weight excluding hydrogens is 488 g/mol. The van der Waals surface area contributed by atoms with E-state index in [0.29, 0.717) is 16.7 Å². The van der Waals surface area contributed by atoms with Crippen LogP contribution in [0.3, 0.4) is 0 Å². The fraction of sp³-hybridized carbons (Fsp3) is 0.241. The Kier molecular flexibility index (Phi) is 6.07. The van der Waals surface area contributed by atoms with Crippen LogP contribution in [0, 0.1) is 6.92 Å². The van der Waals surface area contributed by atoms with Gasteiger partial charge in [-0.2, -0.15) is 0 Å². The molecule has 37 heavy (non-hydrogen) atoms. The van der Waals surface area contributed by atoms with E-state index in [0.717, 1.165) is 22.5 Å². The van der Waals surface area contributed by atoms with Gasteiger partial charge in [-0.25, -0.2) is 9.78 Å². The second-order valence-electron chi connectivity index (χ2n) is 9.92. The summed E-state index contributed by atoms with van der Waals surface area (Å²) in [5.74, 6) is -1.05. The lowest BCUT2D eigenvalue weighted by Crippen LogP contribution is -2.29. The lowest BCUT2D eigenvalue weighted by Gasteiger charge is -2.24. The van der Waals surface area contributed by atoms with Crippen molar-refractivity contribution in [1.82, 2.24) is 4.98 Å². The van der Waals surface area contributed by atoms with Gasteiger partial charge in [0.25, 0.3) is 5.91 Å². The highest BCUT2D eigenvalue weighted by Gasteiger charge is 2.45. The van der Waals surface area contributed by atoms with Gasteiger partial charge in [-0.15, -0.1) is 0 Å². The zero-order chi connectivity index (χ0) is 26.5. The van der Waals surface area contributed by atoms with Crippen molar-refractivity contribution < 1.29 is 18.7 Å². The predicted octanol–water partition coefficient (Wildman–Crippen LogP) is 5.95. The monoisotopic (exact) mass is 514 g/mol. The number of ether oxygens (including phenoxy) is 1. The topological polar surface area (TPSA) is 89.7 Å². The maximum atomic E-state index is 13.8. The average molecular weight is 515 g/mol. The van der Waals surface area contributed by atoms with Crippen LogP contribution < -0.4 is 10.3 Å². The fourth-order valence-corrected chi connectivity index (χ4v) is 5.46. The van der Waals surface area contributed by atoms with Crippen molar-refractivity contribution in [3.63, 3.8) is 0 Å². The van der Waals surface area contributed by atoms with E-state index in [1.54, 1.807) is 31.2 Å². The summed E-state index contributed by atoms with van der Waals surface area (Å²) in [6, 6.07) is 14.0. The molecule has 2 aromatic carbocycles. The molecule has 0 saturated carbocycles. The highest BCUT2D eigenvalue weighted by molar-refractivity contribution is 7.17. The number of fused-ring (bicyclic) bond motifs is 2. The Balaban J connectivity index is 1.70. The maximum Gasteiger partial charge on any atom is 0.350 e. The van der Waals surface area contributed by atoms with Crippen LogP contribution >= 0.6 is 11.3 Å². The van der Waals surface area contributed by atoms with E-state index < -0.39 is 17.9 Å². The molecule has 0 radical (unpaired) electrons. The Hall–Kier alpha value is -4.04. The number of carbonyl (C=O) groups is 2. The summed E-state index contributed by atoms with van der Waals surface area (Å²) in [5.41, 5.74) is 2.56. The van der Waals surface area contributed by atoms with Gasteiger partial charge in [0.15, 0.2) is 10.6 Å². The number of aryl methyl sites for hydroxylation is 1. The molecule has 0 spiro atoms. The van der Waals surface area contributed by atoms with E-state index in [9.17, 15) is 14.4 Å². The summed E-state index contributed by atoms with van der Waals surface area (Å²) in [6.07, 6.45) is 1.48. The summed E-state index contributed by atoms with van der Waals surface area (Å²) in [5, 5.41) is 0.684. The predicted molar refractivity (Wildman–Crippen MR) is 144 cm³/mol. The molecule has 0 bridgehead atoms. The minimum atomic E-state index is -0.764. The first-order chi connectivity index (χ1) is 17.6. The summed E-state index contributed by atoms with van der Waals surface area (Å²) in [4.78, 5) is 46.4. The van der Waals surface area contributed by atoms with Gasteiger partial charge >= 0.3 is 5.97 Å². The van der Waals surface area contributed by atoms with Crippen molar-refractivity contribution in [3.8, 4) is 0 Å². The van der Waals surface area contributed by atoms with Crippen molar-refractivity contribution in [2.45, 2.75) is 39.2 Å². The van der Waals surface area contributed by atoms with Crippen LogP contribution in [0.4, 0.5) is 5.13 Å². The molecule has 4 aromatic rings. The molecule has 0 fully saturated rings. The van der Waals surface area contributed by atoms with Gasteiger partial charge in [0.05, 0.1) is 22.7 Å². The molecule has 0 unspecified atom stereocenters. The highest BCUT2D eigenvalue weighted by atomic mass is 32.1. The molecule has 5 rings (SSSR count). The summed E-state index contributed by atoms with van der Waals surface area (Å²) >= 11 is 1.05. The number of nitrogens with zero attached hydrogens (tertiary/aromatic N) is 2. The van der Waals surface area contributed by atoms with Crippen molar-refractivity contribution in [2.75, 3.05) is 11.5 Å². The molecular formula is C29H26N2O5S. The molecule has 1 amide bonds. The molecule has 1 atom stereocenters. The Morgan fingerprint density at radius 3 is 2.54 bits per heavy atom. The summed E-state index contributed by atoms with van der Waals surface area (Å²) in [7, 11) is 0. The molecule has 0 saturated heterocycles. The van der Waals surface area contributed by atoms with Crippen LogP contribution in [0.5, 0.6) is 0 Å². The lowest BCUT2D eigenvalue weighted by molar-refractivity contribution is 0.0554. The number of benzene rings is 2. The zero-order valence-corrected chi connectivity index (χ0v) is 21.8. The number of thiazole rings is 1. The molecule has 1 aliphatic rings. The quantitative estimate of drug-likeness (QED) is 0.242. The standard InChI is InChI=1S/C29H26N2O5S/c1-6-15-35-27(34)25-16(2)30-28(37-25)31-22(17-11-13-18(14-12-17)29(3,4)5)21-23(32)19-9-7-8-10-20(19)36-24(21)26(31)33/h6-14,22H,1,15H2,2-5H3/t22-/m0/s1. The highest BCUT2D eigenvalue weighted by Crippen LogP contribution is 2.43. The number of amides is 1. The number of rotatable bonds is 5. The maximum absolute atomic E-state index is 13.8. The van der Waals surface area contributed by atoms with Gasteiger partial charge in [-0.1, -0.05) is 81.2 Å². The van der Waals surface area contributed by atoms with Gasteiger partial charge in [0.2, 0.25) is 5.76 Å². The fourth-order valence-electron chi connectivity index (χ4n) is 4.47. The molecule has 3 heterocycles. The minimum Gasteiger partial charge on any atom is -0.457 e. The minimum absolute atomic E-state index is 0.0164. The van der Waals surface area contributed by atoms with Crippen LogP contribution in [-0.4, -0.2) is 23.5 Å². The normalized spacial score (nSPS) is 15.2. The molecule has 1 aliphatic heterocycles. The number of para-hydroxylation sites is 1. The van der Waals surface area contributed by atoms with Crippen molar-refractivity contribution in [1.29, 1.82) is 0 Å². The molecule has 7 nitrogen and oxygen atoms in total. The van der Waals surface area contributed by atoms with Gasteiger partial charge < -0.3 is 9.15 Å². The van der Waals surface area contributed by atoms with Gasteiger partial charge in [0, 0.05) is 0 Å². The van der Waals surface area contributed by atoms with Crippen LogP contribution in [0.2, 0.25) is 0 Å². The van der Waals surface area contributed by atoms with Gasteiger partial charge in [-0.05, 0) is 35.6 Å². The van der Waals surface area contributed by atoms with E-state index in [2.05, 4.69) is 32.3 Å². The van der Waals surface area contributed by atoms with Crippen molar-refractivity contribution in [3.05, 3.63) is 104 Å². The Morgan fingerprint density at radius 2 is 1.86 bits per heavy atom. The van der Waals surface area contributed by atoms with Crippen molar-refractivity contribution >= 4 is 39.3 Å². The first kappa shape index (κ1) is 24.6. The van der Waals surface area contributed by atoms with E-state index in [4.69, 9.17) is 9.15 Å². The van der Waals surface area contributed by atoms with Crippen LogP contribution in [-0.2, 0) is 10.2 Å². The van der Waals surface area contributed by atoms with Crippen molar-refractivity contribution in [2.24, 2.45) is 0 Å². The average Bonchev–Trinajstić information content (AvgIpc) is 3.39. The summed E-state index contributed by atoms with van der Waals surface area (Å²) in [6.45, 7) is 11.7. The Bertz CT molecular complexity index is 1610. The Labute approximate surface area is 218 Å². The zero-order valence-electron chi connectivity index (χ0n) is 21.0. The third-order valence-corrected chi connectivity index (χ3v) is 7.52. The molecule has 8 heteroatoms. The number of hydrogen-bond donors (Lipinski definition) is 0. The third-order valence-electron chi connectivity index (χ3n) is 6.38. The van der Waals surface area contributed by atoms with E-state index >= 15 is 0 Å². The number of aromatic nitrogens is 1. The van der Waals surface area contributed by atoms with Crippen LogP contribution in [0.1, 0.15) is 69.4 Å². The SMILES string of the molecule is C=CCOC(=O)c1sc(N2C(=O)c3oc4ccccc4c(=O)c3[C@@H]2c2ccc(C(C)(C)C)cc2)nc1C. The largest absolute Gasteiger partial charge is 0.457 e. The number of anilines is 1. The molecule has 0 N–H and O–H groups in total. The van der Waals surface area contributed by atoms with Crippen LogP contribution in [0.25, 0.3) is 11.0 Å². The number of esters is 1. The van der Waals surface area contributed by atoms with E-state index in [-0.39, 0.29) is 38.8 Å². The molecule has 2 aromatic heterocycles. The first-order valence-electron chi connectivity index (χ1n) is 11.9. The molecule has 188 valence electrons. The second-order valence-corrected chi connectivity index (χ2v) is 10.9. The Morgan fingerprint density at radius 1 is 1.16 bits per heavy atom. The number of hydrogen-bond acceptors (Lipinski definition) is 7. The van der Waals surface area contributed by atoms with E-state index in [1.807, 2.05) is 24.3 Å². The smallest absolute Gasteiger partial charge is 0.350 e.